The van der Waals surface area contributed by atoms with Crippen LogP contribution < -0.4 is 5.32 Å². The Labute approximate surface area is 201 Å². The molecule has 0 saturated heterocycles. The highest BCUT2D eigenvalue weighted by Gasteiger charge is 2.53. The van der Waals surface area contributed by atoms with Crippen molar-refractivity contribution in [2.24, 2.45) is 0 Å². The molecule has 2 unspecified atom stereocenters. The van der Waals surface area contributed by atoms with E-state index >= 15 is 0 Å². The average molecular weight is 518 g/mol. The quantitative estimate of drug-likeness (QED) is 0.287. The molecule has 184 valence electrons. The van der Waals surface area contributed by atoms with Gasteiger partial charge in [0.25, 0.3) is 0 Å². The van der Waals surface area contributed by atoms with E-state index in [4.69, 9.17) is 13.0 Å². The fourth-order valence-corrected chi connectivity index (χ4v) is 3.94. The van der Waals surface area contributed by atoms with Gasteiger partial charge in [0.15, 0.2) is 0 Å². The molecule has 0 spiro atoms. The molecule has 2 aromatic carbocycles. The fraction of sp³-hybridized carbons (Fsp3) is 0.250. The zero-order valence-electron chi connectivity index (χ0n) is 18.8. The number of aromatic nitrogens is 1. The van der Waals surface area contributed by atoms with Crippen LogP contribution in [0.2, 0.25) is 5.15 Å². The number of hydrogen-bond acceptors (Lipinski definition) is 2. The van der Waals surface area contributed by atoms with Crippen molar-refractivity contribution in [3.8, 4) is 11.1 Å². The summed E-state index contributed by atoms with van der Waals surface area (Å²) in [7, 11) is 0. The van der Waals surface area contributed by atoms with Crippen LogP contribution in [0.1, 0.15) is 36.4 Å². The first-order valence-corrected chi connectivity index (χ1v) is 10.5. The molecule has 1 heterocycles. The fourth-order valence-electron chi connectivity index (χ4n) is 3.78. The Morgan fingerprint density at radius 3 is 2.14 bits per heavy atom. The number of nitrogens with one attached hydrogen (secondary N) is 1. The van der Waals surface area contributed by atoms with Crippen molar-refractivity contribution in [3.05, 3.63) is 81.9 Å². The number of nitrogens with zero attached hydrogens (tertiary/aromatic N) is 1. The molecular formula is C24H16ClF7N2O. The normalized spacial score (nSPS) is 20.4. The third-order valence-corrected chi connectivity index (χ3v) is 5.92. The maximum atomic E-state index is 13.6. The van der Waals surface area contributed by atoms with Crippen LogP contribution in [0, 0.1) is 12.7 Å². The highest BCUT2D eigenvalue weighted by Crippen LogP contribution is 2.51. The van der Waals surface area contributed by atoms with Crippen molar-refractivity contribution in [2.75, 3.05) is 5.32 Å². The second kappa shape index (κ2) is 8.51. The van der Waals surface area contributed by atoms with E-state index < -0.39 is 52.6 Å². The van der Waals surface area contributed by atoms with Gasteiger partial charge >= 0.3 is 12.4 Å². The topological polar surface area (TPSA) is 42.0 Å². The molecule has 1 amide bonds. The molecule has 1 N–H and O–H groups in total. The molecule has 0 bridgehead atoms. The van der Waals surface area contributed by atoms with Crippen LogP contribution in [0.3, 0.4) is 0 Å². The largest absolute Gasteiger partial charge is 0.416 e. The van der Waals surface area contributed by atoms with Gasteiger partial charge in [0.2, 0.25) is 5.91 Å². The summed E-state index contributed by atoms with van der Waals surface area (Å²) < 4.78 is 102. The molecular weight excluding hydrogens is 501 g/mol. The van der Waals surface area contributed by atoms with Gasteiger partial charge in [-0.2, -0.15) is 26.3 Å². The number of halogens is 8. The summed E-state index contributed by atoms with van der Waals surface area (Å²) in [5, 5.41) is 2.52. The van der Waals surface area contributed by atoms with Gasteiger partial charge in [-0.3, -0.25) is 4.79 Å². The van der Waals surface area contributed by atoms with E-state index in [1.807, 2.05) is 0 Å². The molecule has 1 fully saturated rings. The van der Waals surface area contributed by atoms with Gasteiger partial charge in [-0.1, -0.05) is 17.7 Å². The Morgan fingerprint density at radius 2 is 1.63 bits per heavy atom. The van der Waals surface area contributed by atoms with Crippen LogP contribution in [0.25, 0.3) is 11.1 Å². The minimum absolute atomic E-state index is 0.0268. The Balaban J connectivity index is 1.78. The SMILES string of the molecule is [2H]C1CC1(C(=O)Nc1cnc(Cl)cc1-c1ccc(F)cc1C)c1cc(C(F)(F)F)cc(C(F)(F)F)c1. The van der Waals surface area contributed by atoms with Crippen LogP contribution in [0.15, 0.2) is 48.7 Å². The number of carbonyl (C=O) groups excluding carboxylic acids is 1. The molecule has 0 radical (unpaired) electrons. The molecule has 4 rings (SSSR count). The summed E-state index contributed by atoms with van der Waals surface area (Å²) in [4.78, 5) is 17.2. The van der Waals surface area contributed by atoms with Gasteiger partial charge in [-0.25, -0.2) is 9.37 Å². The third-order valence-electron chi connectivity index (χ3n) is 5.72. The Kier molecular flexibility index (Phi) is 5.74. The summed E-state index contributed by atoms with van der Waals surface area (Å²) in [5.41, 5.74) is -4.39. The molecule has 35 heavy (non-hydrogen) atoms. The van der Waals surface area contributed by atoms with Crippen LogP contribution in [0.4, 0.5) is 36.4 Å². The van der Waals surface area contributed by atoms with Crippen molar-refractivity contribution in [1.82, 2.24) is 4.98 Å². The first-order valence-electron chi connectivity index (χ1n) is 10.7. The van der Waals surface area contributed by atoms with Crippen molar-refractivity contribution in [1.29, 1.82) is 0 Å². The van der Waals surface area contributed by atoms with Crippen molar-refractivity contribution in [3.63, 3.8) is 0 Å². The lowest BCUT2D eigenvalue weighted by molar-refractivity contribution is -0.143. The lowest BCUT2D eigenvalue weighted by atomic mass is 9.90. The standard InChI is InChI=1S/C24H16ClF7N2O/c1-12-6-16(26)2-3-17(12)18-10-20(25)33-11-19(18)34-21(35)22(4-5-22)13-7-14(23(27,28)29)9-15(8-13)24(30,31)32/h2-3,6-11H,4-5H2,1H3,(H,34,35)/i4D. The van der Waals surface area contributed by atoms with E-state index in [2.05, 4.69) is 10.3 Å². The smallest absolute Gasteiger partial charge is 0.323 e. The number of benzene rings is 2. The third kappa shape index (κ3) is 4.98. The average Bonchev–Trinajstić information content (AvgIpc) is 3.46. The van der Waals surface area contributed by atoms with Crippen LogP contribution >= 0.6 is 11.6 Å². The van der Waals surface area contributed by atoms with Crippen LogP contribution in [0.5, 0.6) is 0 Å². The number of carbonyl (C=O) groups is 1. The van der Waals surface area contributed by atoms with Gasteiger partial charge in [0.1, 0.15) is 11.0 Å². The highest BCUT2D eigenvalue weighted by atomic mass is 35.5. The minimum Gasteiger partial charge on any atom is -0.323 e. The zero-order chi connectivity index (χ0) is 26.6. The van der Waals surface area contributed by atoms with Crippen LogP contribution in [-0.4, -0.2) is 10.9 Å². The Hall–Kier alpha value is -3.14. The maximum Gasteiger partial charge on any atom is 0.416 e. The van der Waals surface area contributed by atoms with Gasteiger partial charge in [-0.05, 0) is 72.8 Å². The number of anilines is 1. The zero-order valence-corrected chi connectivity index (χ0v) is 18.5. The minimum atomic E-state index is -5.10. The maximum absolute atomic E-state index is 13.6. The number of aryl methyl sites for hydroxylation is 1. The van der Waals surface area contributed by atoms with E-state index in [9.17, 15) is 35.5 Å². The summed E-state index contributed by atoms with van der Waals surface area (Å²) in [6.07, 6.45) is -10.6. The molecule has 1 aliphatic rings. The lowest BCUT2D eigenvalue weighted by Crippen LogP contribution is -2.29. The molecule has 0 aliphatic heterocycles. The number of hydrogen-bond donors (Lipinski definition) is 1. The molecule has 1 aliphatic carbocycles. The van der Waals surface area contributed by atoms with Crippen molar-refractivity contribution < 1.29 is 36.9 Å². The molecule has 2 atom stereocenters. The molecule has 3 nitrogen and oxygen atoms in total. The predicted molar refractivity (Wildman–Crippen MR) is 115 cm³/mol. The van der Waals surface area contributed by atoms with E-state index in [-0.39, 0.29) is 23.3 Å². The van der Waals surface area contributed by atoms with E-state index in [0.29, 0.717) is 28.8 Å². The molecule has 1 saturated carbocycles. The Bertz CT molecular complexity index is 1330. The Morgan fingerprint density at radius 1 is 1.03 bits per heavy atom. The summed E-state index contributed by atoms with van der Waals surface area (Å²) >= 11 is 5.99. The van der Waals surface area contributed by atoms with Crippen molar-refractivity contribution >= 4 is 23.2 Å². The number of pyridine rings is 1. The van der Waals surface area contributed by atoms with Gasteiger partial charge in [-0.15, -0.1) is 0 Å². The lowest BCUT2D eigenvalue weighted by Gasteiger charge is -2.21. The number of amides is 1. The van der Waals surface area contributed by atoms with E-state index in [1.165, 1.54) is 30.5 Å². The summed E-state index contributed by atoms with van der Waals surface area (Å²) in [5.74, 6) is -1.49. The van der Waals surface area contributed by atoms with Gasteiger partial charge in [0, 0.05) is 6.93 Å². The second-order valence-corrected chi connectivity index (χ2v) is 8.53. The summed E-state index contributed by atoms with van der Waals surface area (Å²) in [6, 6.07) is 6.11. The predicted octanol–water partition coefficient (Wildman–Crippen LogP) is 7.56. The van der Waals surface area contributed by atoms with Crippen LogP contribution in [-0.2, 0) is 22.6 Å². The molecule has 3 aromatic rings. The second-order valence-electron chi connectivity index (χ2n) is 8.14. The molecule has 11 heteroatoms. The monoisotopic (exact) mass is 517 g/mol. The van der Waals surface area contributed by atoms with Crippen molar-refractivity contribution in [2.45, 2.75) is 37.5 Å². The number of alkyl halides is 6. The first-order chi connectivity index (χ1) is 16.6. The van der Waals surface area contributed by atoms with E-state index in [1.54, 1.807) is 6.92 Å². The number of rotatable bonds is 4. The van der Waals surface area contributed by atoms with Gasteiger partial charge < -0.3 is 5.32 Å². The van der Waals surface area contributed by atoms with Gasteiger partial charge in [0.05, 0.1) is 28.4 Å². The van der Waals surface area contributed by atoms with E-state index in [0.717, 1.165) is 0 Å². The molecule has 1 aromatic heterocycles. The summed E-state index contributed by atoms with van der Waals surface area (Å²) in [6.45, 7) is 1.60. The highest BCUT2D eigenvalue weighted by molar-refractivity contribution is 6.29. The first kappa shape index (κ1) is 23.6.